The second-order valence-corrected chi connectivity index (χ2v) is 6.59. The summed E-state index contributed by atoms with van der Waals surface area (Å²) in [6.07, 6.45) is 13.6. The van der Waals surface area contributed by atoms with Crippen LogP contribution in [0.25, 0.3) is 0 Å². The molecule has 1 saturated carbocycles. The number of rotatable bonds is 7. The molecule has 0 saturated heterocycles. The molecule has 1 aromatic rings. The van der Waals surface area contributed by atoms with Crippen LogP contribution >= 0.6 is 0 Å². The minimum atomic E-state index is 0.409. The smallest absolute Gasteiger partial charge is 0.119 e. The Morgan fingerprint density at radius 2 is 1.95 bits per heavy atom. The average Bonchev–Trinajstić information content (AvgIpc) is 2.51. The van der Waals surface area contributed by atoms with Crippen molar-refractivity contribution in [3.8, 4) is 5.75 Å². The molecule has 1 aliphatic carbocycles. The number of hydrogen-bond acceptors (Lipinski definition) is 1. The van der Waals surface area contributed by atoms with E-state index in [1.165, 1.54) is 56.9 Å². The van der Waals surface area contributed by atoms with Crippen molar-refractivity contribution in [2.45, 2.75) is 70.6 Å². The van der Waals surface area contributed by atoms with Crippen LogP contribution in [0, 0.1) is 5.92 Å². The highest BCUT2D eigenvalue weighted by Crippen LogP contribution is 2.38. The molecule has 1 aliphatic rings. The summed E-state index contributed by atoms with van der Waals surface area (Å²) in [6.45, 7) is 6.05. The Morgan fingerprint density at radius 3 is 2.62 bits per heavy atom. The summed E-state index contributed by atoms with van der Waals surface area (Å²) in [7, 11) is 0. The molecular formula is C20H30O. The van der Waals surface area contributed by atoms with Gasteiger partial charge in [0.25, 0.3) is 0 Å². The molecular weight excluding hydrogens is 256 g/mol. The second kappa shape index (κ2) is 8.26. The Bertz CT molecular complexity index is 441. The molecule has 0 radical (unpaired) electrons. The molecule has 1 aromatic carbocycles. The number of unbranched alkanes of at least 4 members (excludes halogenated alkanes) is 2. The van der Waals surface area contributed by atoms with E-state index < -0.39 is 0 Å². The van der Waals surface area contributed by atoms with Crippen LogP contribution in [0.2, 0.25) is 0 Å². The third-order valence-electron chi connectivity index (χ3n) is 5.00. The normalized spacial score (nSPS) is 22.1. The maximum Gasteiger partial charge on any atom is 0.119 e. The van der Waals surface area contributed by atoms with Crippen molar-refractivity contribution in [2.75, 3.05) is 0 Å². The Labute approximate surface area is 130 Å². The number of aromatic hydroxyl groups is 1. The SMILES string of the molecule is C=CCc1cc(C2CCC(CCCCC)CC2)ccc1O. The van der Waals surface area contributed by atoms with Crippen molar-refractivity contribution in [1.82, 2.24) is 0 Å². The summed E-state index contributed by atoms with van der Waals surface area (Å²) in [5, 5.41) is 9.88. The van der Waals surface area contributed by atoms with Crippen molar-refractivity contribution < 1.29 is 5.11 Å². The van der Waals surface area contributed by atoms with Crippen LogP contribution in [0.1, 0.15) is 75.3 Å². The first-order chi connectivity index (χ1) is 10.2. The molecule has 0 aromatic heterocycles. The van der Waals surface area contributed by atoms with Crippen molar-refractivity contribution in [3.63, 3.8) is 0 Å². The Balaban J connectivity index is 1.89. The number of phenols is 1. The molecule has 21 heavy (non-hydrogen) atoms. The van der Waals surface area contributed by atoms with Gasteiger partial charge in [0.1, 0.15) is 5.75 Å². The second-order valence-electron chi connectivity index (χ2n) is 6.59. The molecule has 0 amide bonds. The highest BCUT2D eigenvalue weighted by Gasteiger charge is 2.22. The van der Waals surface area contributed by atoms with E-state index in [0.717, 1.165) is 17.9 Å². The van der Waals surface area contributed by atoms with Gasteiger partial charge in [-0.25, -0.2) is 0 Å². The first-order valence-electron chi connectivity index (χ1n) is 8.67. The lowest BCUT2D eigenvalue weighted by Gasteiger charge is -2.29. The van der Waals surface area contributed by atoms with Crippen molar-refractivity contribution in [3.05, 3.63) is 42.0 Å². The maximum absolute atomic E-state index is 9.88. The number of phenolic OH excluding ortho intramolecular Hbond substituents is 1. The first-order valence-corrected chi connectivity index (χ1v) is 8.67. The zero-order valence-corrected chi connectivity index (χ0v) is 13.5. The molecule has 1 N–H and O–H groups in total. The van der Waals surface area contributed by atoms with Gasteiger partial charge in [-0.1, -0.05) is 50.8 Å². The van der Waals surface area contributed by atoms with Gasteiger partial charge in [-0.15, -0.1) is 6.58 Å². The lowest BCUT2D eigenvalue weighted by molar-refractivity contribution is 0.302. The van der Waals surface area contributed by atoms with Gasteiger partial charge in [-0.05, 0) is 61.1 Å². The van der Waals surface area contributed by atoms with Crippen molar-refractivity contribution in [2.24, 2.45) is 5.92 Å². The molecule has 0 unspecified atom stereocenters. The summed E-state index contributed by atoms with van der Waals surface area (Å²) >= 11 is 0. The quantitative estimate of drug-likeness (QED) is 0.483. The average molecular weight is 286 g/mol. The molecule has 0 heterocycles. The fourth-order valence-electron chi connectivity index (χ4n) is 3.65. The van der Waals surface area contributed by atoms with Gasteiger partial charge in [0, 0.05) is 0 Å². The third kappa shape index (κ3) is 4.62. The lowest BCUT2D eigenvalue weighted by atomic mass is 9.76. The molecule has 116 valence electrons. The summed E-state index contributed by atoms with van der Waals surface area (Å²) < 4.78 is 0. The van der Waals surface area contributed by atoms with E-state index in [-0.39, 0.29) is 0 Å². The highest BCUT2D eigenvalue weighted by atomic mass is 16.3. The zero-order valence-electron chi connectivity index (χ0n) is 13.5. The van der Waals surface area contributed by atoms with Crippen molar-refractivity contribution >= 4 is 0 Å². The van der Waals surface area contributed by atoms with E-state index in [1.807, 2.05) is 12.1 Å². The summed E-state index contributed by atoms with van der Waals surface area (Å²) in [5.41, 5.74) is 2.43. The molecule has 0 spiro atoms. The monoisotopic (exact) mass is 286 g/mol. The van der Waals surface area contributed by atoms with Gasteiger partial charge in [-0.3, -0.25) is 0 Å². The lowest BCUT2D eigenvalue weighted by Crippen LogP contribution is -2.13. The summed E-state index contributed by atoms with van der Waals surface area (Å²) in [6, 6.07) is 6.17. The van der Waals surface area contributed by atoms with E-state index in [1.54, 1.807) is 0 Å². The van der Waals surface area contributed by atoms with Gasteiger partial charge in [-0.2, -0.15) is 0 Å². The van der Waals surface area contributed by atoms with Crippen LogP contribution in [-0.2, 0) is 6.42 Å². The van der Waals surface area contributed by atoms with Crippen LogP contribution in [0.4, 0.5) is 0 Å². The van der Waals surface area contributed by atoms with Crippen LogP contribution in [-0.4, -0.2) is 5.11 Å². The Kier molecular flexibility index (Phi) is 6.35. The zero-order chi connectivity index (χ0) is 15.1. The van der Waals surface area contributed by atoms with Gasteiger partial charge in [0.05, 0.1) is 0 Å². The van der Waals surface area contributed by atoms with Crippen LogP contribution in [0.5, 0.6) is 5.75 Å². The molecule has 0 atom stereocenters. The topological polar surface area (TPSA) is 20.2 Å². The minimum Gasteiger partial charge on any atom is -0.508 e. The fraction of sp³-hybridized carbons (Fsp3) is 0.600. The van der Waals surface area contributed by atoms with E-state index in [9.17, 15) is 5.11 Å². The van der Waals surface area contributed by atoms with Gasteiger partial charge in [0.15, 0.2) is 0 Å². The molecule has 1 heteroatoms. The largest absolute Gasteiger partial charge is 0.508 e. The van der Waals surface area contributed by atoms with Crippen LogP contribution < -0.4 is 0 Å². The molecule has 0 bridgehead atoms. The molecule has 1 fully saturated rings. The summed E-state index contributed by atoms with van der Waals surface area (Å²) in [4.78, 5) is 0. The van der Waals surface area contributed by atoms with Gasteiger partial charge >= 0.3 is 0 Å². The fourth-order valence-corrected chi connectivity index (χ4v) is 3.65. The minimum absolute atomic E-state index is 0.409. The maximum atomic E-state index is 9.88. The first kappa shape index (κ1) is 16.1. The van der Waals surface area contributed by atoms with Crippen LogP contribution in [0.15, 0.2) is 30.9 Å². The predicted octanol–water partition coefficient (Wildman–Crippen LogP) is 5.97. The van der Waals surface area contributed by atoms with Gasteiger partial charge < -0.3 is 5.11 Å². The third-order valence-corrected chi connectivity index (χ3v) is 5.00. The van der Waals surface area contributed by atoms with Crippen LogP contribution in [0.3, 0.4) is 0 Å². The Hall–Kier alpha value is -1.24. The number of benzene rings is 1. The van der Waals surface area contributed by atoms with E-state index in [4.69, 9.17) is 0 Å². The Morgan fingerprint density at radius 1 is 1.19 bits per heavy atom. The van der Waals surface area contributed by atoms with Crippen molar-refractivity contribution in [1.29, 1.82) is 0 Å². The van der Waals surface area contributed by atoms with Gasteiger partial charge in [0.2, 0.25) is 0 Å². The van der Waals surface area contributed by atoms with E-state index in [0.29, 0.717) is 11.7 Å². The van der Waals surface area contributed by atoms with E-state index in [2.05, 4.69) is 25.6 Å². The predicted molar refractivity (Wildman–Crippen MR) is 90.8 cm³/mol. The molecule has 2 rings (SSSR count). The number of hydrogen-bond donors (Lipinski definition) is 1. The molecule has 1 nitrogen and oxygen atoms in total. The van der Waals surface area contributed by atoms with E-state index >= 15 is 0 Å². The standard InChI is InChI=1S/C20H30O/c1-3-5-6-8-16-9-11-17(12-10-16)18-13-14-20(21)19(15-18)7-4-2/h4,13-17,21H,2-3,5-12H2,1H3. The number of allylic oxidation sites excluding steroid dienone is 1. The highest BCUT2D eigenvalue weighted by molar-refractivity contribution is 5.38. The molecule has 0 aliphatic heterocycles. The summed E-state index contributed by atoms with van der Waals surface area (Å²) in [5.74, 6) is 2.06.